The second kappa shape index (κ2) is 4.12. The Morgan fingerprint density at radius 1 is 1.33 bits per heavy atom. The summed E-state index contributed by atoms with van der Waals surface area (Å²) in [6.07, 6.45) is 0.408. The molecule has 2 amide bonds. The van der Waals surface area contributed by atoms with Crippen LogP contribution in [0.15, 0.2) is 18.2 Å². The first-order valence-corrected chi connectivity index (χ1v) is 6.00. The number of carbonyl (C=O) groups excluding carboxylic acids is 2. The smallest absolute Gasteiger partial charge is 0.231 e. The zero-order valence-electron chi connectivity index (χ0n) is 11.2. The van der Waals surface area contributed by atoms with Crippen LogP contribution in [0.2, 0.25) is 0 Å². The summed E-state index contributed by atoms with van der Waals surface area (Å²) in [7, 11) is 1.77. The lowest BCUT2D eigenvalue weighted by atomic mass is 9.95. The Bertz CT molecular complexity index is 515. The molecule has 0 fully saturated rings. The van der Waals surface area contributed by atoms with Crippen LogP contribution in [0, 0.1) is 5.41 Å². The Morgan fingerprint density at radius 3 is 2.61 bits per heavy atom. The number of carbonyl (C=O) groups is 2. The molecule has 1 aromatic carbocycles. The van der Waals surface area contributed by atoms with E-state index in [1.807, 2.05) is 39.0 Å². The number of amides is 2. The van der Waals surface area contributed by atoms with Gasteiger partial charge in [-0.2, -0.15) is 0 Å². The van der Waals surface area contributed by atoms with E-state index in [9.17, 15) is 9.59 Å². The topological polar surface area (TPSA) is 49.4 Å². The highest BCUT2D eigenvalue weighted by Gasteiger charge is 2.25. The molecule has 0 atom stereocenters. The van der Waals surface area contributed by atoms with Crippen molar-refractivity contribution >= 4 is 23.2 Å². The average molecular weight is 246 g/mol. The summed E-state index contributed by atoms with van der Waals surface area (Å²) < 4.78 is 0. The van der Waals surface area contributed by atoms with E-state index >= 15 is 0 Å². The van der Waals surface area contributed by atoms with E-state index in [1.54, 1.807) is 11.9 Å². The van der Waals surface area contributed by atoms with Gasteiger partial charge < -0.3 is 10.2 Å². The van der Waals surface area contributed by atoms with E-state index in [-0.39, 0.29) is 11.8 Å². The van der Waals surface area contributed by atoms with Crippen molar-refractivity contribution in [1.29, 1.82) is 0 Å². The molecule has 1 aliphatic rings. The van der Waals surface area contributed by atoms with Gasteiger partial charge in [-0.3, -0.25) is 9.59 Å². The molecule has 0 aromatic heterocycles. The summed E-state index contributed by atoms with van der Waals surface area (Å²) >= 11 is 0. The molecule has 0 saturated heterocycles. The lowest BCUT2D eigenvalue weighted by molar-refractivity contribution is -0.123. The van der Waals surface area contributed by atoms with Gasteiger partial charge in [0.2, 0.25) is 11.8 Å². The zero-order chi connectivity index (χ0) is 13.5. The molecular weight excluding hydrogens is 228 g/mol. The van der Waals surface area contributed by atoms with Gasteiger partial charge in [0, 0.05) is 23.8 Å². The predicted molar refractivity (Wildman–Crippen MR) is 71.6 cm³/mol. The predicted octanol–water partition coefficient (Wildman–Crippen LogP) is 2.19. The number of anilines is 2. The third kappa shape index (κ3) is 2.23. The number of nitrogens with one attached hydrogen (secondary N) is 1. The molecule has 1 aliphatic heterocycles. The molecule has 1 heterocycles. The summed E-state index contributed by atoms with van der Waals surface area (Å²) in [6, 6.07) is 5.58. The van der Waals surface area contributed by atoms with Gasteiger partial charge in [0.1, 0.15) is 0 Å². The molecule has 0 saturated carbocycles. The Kier molecular flexibility index (Phi) is 2.89. The van der Waals surface area contributed by atoms with Crippen molar-refractivity contribution in [3.8, 4) is 0 Å². The summed E-state index contributed by atoms with van der Waals surface area (Å²) in [5.41, 5.74) is 2.21. The molecule has 0 unspecified atom stereocenters. The van der Waals surface area contributed by atoms with Crippen molar-refractivity contribution in [3.63, 3.8) is 0 Å². The van der Waals surface area contributed by atoms with Crippen LogP contribution in [0.5, 0.6) is 0 Å². The first kappa shape index (κ1) is 12.6. The average Bonchev–Trinajstić information content (AvgIpc) is 2.53. The number of rotatable bonds is 1. The highest BCUT2D eigenvalue weighted by atomic mass is 16.2. The van der Waals surface area contributed by atoms with Gasteiger partial charge in [0.15, 0.2) is 0 Å². The van der Waals surface area contributed by atoms with Gasteiger partial charge in [-0.1, -0.05) is 20.8 Å². The fourth-order valence-electron chi connectivity index (χ4n) is 1.87. The standard InChI is InChI=1S/C14H18N2O2/c1-14(2,3)13(18)15-10-5-6-11-9(7-10)8-12(17)16(11)4/h5-7H,8H2,1-4H3,(H,15,18). The van der Waals surface area contributed by atoms with Crippen LogP contribution in [-0.4, -0.2) is 18.9 Å². The molecule has 96 valence electrons. The van der Waals surface area contributed by atoms with Crippen LogP contribution in [0.1, 0.15) is 26.3 Å². The van der Waals surface area contributed by atoms with E-state index in [0.717, 1.165) is 16.9 Å². The number of hydrogen-bond acceptors (Lipinski definition) is 2. The summed E-state index contributed by atoms with van der Waals surface area (Å²) in [4.78, 5) is 25.1. The van der Waals surface area contributed by atoms with E-state index in [4.69, 9.17) is 0 Å². The van der Waals surface area contributed by atoms with Gasteiger partial charge in [-0.05, 0) is 23.8 Å². The Hall–Kier alpha value is -1.84. The normalized spacial score (nSPS) is 14.7. The van der Waals surface area contributed by atoms with E-state index in [0.29, 0.717) is 6.42 Å². The molecule has 0 aliphatic carbocycles. The lowest BCUT2D eigenvalue weighted by Gasteiger charge is -2.18. The zero-order valence-corrected chi connectivity index (χ0v) is 11.2. The Morgan fingerprint density at radius 2 is 2.00 bits per heavy atom. The minimum absolute atomic E-state index is 0.0277. The van der Waals surface area contributed by atoms with Crippen molar-refractivity contribution in [2.45, 2.75) is 27.2 Å². The fraction of sp³-hybridized carbons (Fsp3) is 0.429. The van der Waals surface area contributed by atoms with Crippen LogP contribution in [0.25, 0.3) is 0 Å². The molecule has 1 N–H and O–H groups in total. The van der Waals surface area contributed by atoms with Gasteiger partial charge in [-0.15, -0.1) is 0 Å². The molecule has 0 spiro atoms. The van der Waals surface area contributed by atoms with Crippen molar-refractivity contribution < 1.29 is 9.59 Å². The quantitative estimate of drug-likeness (QED) is 0.825. The minimum Gasteiger partial charge on any atom is -0.326 e. The van der Waals surface area contributed by atoms with Gasteiger partial charge in [0.25, 0.3) is 0 Å². The third-order valence-electron chi connectivity index (χ3n) is 3.10. The van der Waals surface area contributed by atoms with Crippen LogP contribution >= 0.6 is 0 Å². The van der Waals surface area contributed by atoms with Crippen molar-refractivity contribution in [2.75, 3.05) is 17.3 Å². The molecule has 1 aromatic rings. The number of likely N-dealkylation sites (N-methyl/N-ethyl adjacent to an activating group) is 1. The number of hydrogen-bond donors (Lipinski definition) is 1. The Labute approximate surface area is 107 Å². The van der Waals surface area contributed by atoms with E-state index in [1.165, 1.54) is 0 Å². The summed E-state index contributed by atoms with van der Waals surface area (Å²) in [5, 5.41) is 2.87. The first-order valence-electron chi connectivity index (χ1n) is 6.00. The number of benzene rings is 1. The molecule has 4 nitrogen and oxygen atoms in total. The van der Waals surface area contributed by atoms with E-state index in [2.05, 4.69) is 5.32 Å². The largest absolute Gasteiger partial charge is 0.326 e. The Balaban J connectivity index is 2.22. The summed E-state index contributed by atoms with van der Waals surface area (Å²) in [6.45, 7) is 5.60. The van der Waals surface area contributed by atoms with Crippen LogP contribution in [0.4, 0.5) is 11.4 Å². The van der Waals surface area contributed by atoms with Crippen LogP contribution < -0.4 is 10.2 Å². The maximum atomic E-state index is 11.9. The third-order valence-corrected chi connectivity index (χ3v) is 3.10. The minimum atomic E-state index is -0.425. The second-order valence-corrected chi connectivity index (χ2v) is 5.68. The maximum Gasteiger partial charge on any atom is 0.231 e. The molecule has 18 heavy (non-hydrogen) atoms. The molecule has 4 heteroatoms. The molecule has 2 rings (SSSR count). The van der Waals surface area contributed by atoms with Crippen LogP contribution in [0.3, 0.4) is 0 Å². The first-order chi connectivity index (χ1) is 8.29. The highest BCUT2D eigenvalue weighted by Crippen LogP contribution is 2.30. The second-order valence-electron chi connectivity index (χ2n) is 5.68. The van der Waals surface area contributed by atoms with Crippen molar-refractivity contribution in [2.24, 2.45) is 5.41 Å². The SMILES string of the molecule is CN1C(=O)Cc2cc(NC(=O)C(C)(C)C)ccc21. The van der Waals surface area contributed by atoms with Crippen molar-refractivity contribution in [1.82, 2.24) is 0 Å². The molecule has 0 bridgehead atoms. The highest BCUT2D eigenvalue weighted by molar-refractivity contribution is 6.02. The lowest BCUT2D eigenvalue weighted by Crippen LogP contribution is -2.27. The fourth-order valence-corrected chi connectivity index (χ4v) is 1.87. The van der Waals surface area contributed by atoms with Gasteiger partial charge >= 0.3 is 0 Å². The van der Waals surface area contributed by atoms with Gasteiger partial charge in [-0.25, -0.2) is 0 Å². The maximum absolute atomic E-state index is 11.9. The van der Waals surface area contributed by atoms with Gasteiger partial charge in [0.05, 0.1) is 6.42 Å². The van der Waals surface area contributed by atoms with Crippen molar-refractivity contribution in [3.05, 3.63) is 23.8 Å². The molecule has 0 radical (unpaired) electrons. The number of nitrogens with zero attached hydrogens (tertiary/aromatic N) is 1. The van der Waals surface area contributed by atoms with Crippen LogP contribution in [-0.2, 0) is 16.0 Å². The molecular formula is C14H18N2O2. The monoisotopic (exact) mass is 246 g/mol. The summed E-state index contributed by atoms with van der Waals surface area (Å²) in [5.74, 6) is 0.0597. The number of fused-ring (bicyclic) bond motifs is 1. The van der Waals surface area contributed by atoms with E-state index < -0.39 is 5.41 Å².